The molecule has 1 saturated heterocycles. The predicted octanol–water partition coefficient (Wildman–Crippen LogP) is 3.75. The molecular formula is C24H26F3N3O3. The summed E-state index contributed by atoms with van der Waals surface area (Å²) in [7, 11) is 1.59. The van der Waals surface area contributed by atoms with Gasteiger partial charge in [0, 0.05) is 31.1 Å². The molecule has 0 radical (unpaired) electrons. The van der Waals surface area contributed by atoms with Crippen molar-refractivity contribution in [1.29, 1.82) is 0 Å². The lowest BCUT2D eigenvalue weighted by Gasteiger charge is -2.59. The molecule has 2 fully saturated rings. The number of carbonyl (C=O) groups excluding carboxylic acids is 2. The number of halogens is 3. The first kappa shape index (κ1) is 22.9. The molecular weight excluding hydrogens is 435 g/mol. The zero-order valence-corrected chi connectivity index (χ0v) is 18.2. The number of hydrogen-bond donors (Lipinski definition) is 2. The van der Waals surface area contributed by atoms with Crippen LogP contribution in [0.1, 0.15) is 29.5 Å². The number of benzene rings is 2. The number of methoxy groups -OCH3 is 1. The molecule has 1 heterocycles. The summed E-state index contributed by atoms with van der Waals surface area (Å²) in [4.78, 5) is 26.2. The maximum Gasteiger partial charge on any atom is 0.416 e. The Morgan fingerprint density at radius 2 is 1.76 bits per heavy atom. The standard InChI is InChI=1S/C24H26F3N3O3/c1-33-19-8-6-16(7-9-19)13-28-22(32)29-18-11-23(12-18)14-30(15-23)21(31)10-17-4-2-3-5-20(17)24(25,26)27/h2-9,18H,10-15H2,1H3,(H2,28,29,32). The minimum Gasteiger partial charge on any atom is -0.497 e. The van der Waals surface area contributed by atoms with Gasteiger partial charge in [-0.15, -0.1) is 0 Å². The summed E-state index contributed by atoms with van der Waals surface area (Å²) in [6, 6.07) is 12.4. The molecule has 0 aromatic heterocycles. The fraction of sp³-hybridized carbons (Fsp3) is 0.417. The zero-order chi connectivity index (χ0) is 23.6. The van der Waals surface area contributed by atoms with E-state index in [9.17, 15) is 22.8 Å². The predicted molar refractivity (Wildman–Crippen MR) is 116 cm³/mol. The molecule has 2 aliphatic rings. The molecule has 1 saturated carbocycles. The molecule has 33 heavy (non-hydrogen) atoms. The number of hydrogen-bond acceptors (Lipinski definition) is 3. The van der Waals surface area contributed by atoms with Crippen molar-refractivity contribution in [2.75, 3.05) is 20.2 Å². The van der Waals surface area contributed by atoms with Crippen molar-refractivity contribution in [2.45, 2.75) is 38.0 Å². The van der Waals surface area contributed by atoms with E-state index in [1.54, 1.807) is 12.0 Å². The Kier molecular flexibility index (Phi) is 6.23. The number of amides is 3. The van der Waals surface area contributed by atoms with Gasteiger partial charge in [0.1, 0.15) is 5.75 Å². The van der Waals surface area contributed by atoms with Crippen molar-refractivity contribution < 1.29 is 27.5 Å². The highest BCUT2D eigenvalue weighted by molar-refractivity contribution is 5.80. The Labute approximate surface area is 190 Å². The summed E-state index contributed by atoms with van der Waals surface area (Å²) < 4.78 is 44.5. The second kappa shape index (κ2) is 8.96. The summed E-state index contributed by atoms with van der Waals surface area (Å²) in [6.07, 6.45) is -3.23. The number of rotatable bonds is 6. The molecule has 1 aliphatic carbocycles. The second-order valence-corrected chi connectivity index (χ2v) is 8.86. The van der Waals surface area contributed by atoms with E-state index in [2.05, 4.69) is 10.6 Å². The molecule has 2 N–H and O–H groups in total. The Morgan fingerprint density at radius 1 is 1.09 bits per heavy atom. The fourth-order valence-corrected chi connectivity index (χ4v) is 4.67. The van der Waals surface area contributed by atoms with E-state index in [4.69, 9.17) is 4.74 Å². The highest BCUT2D eigenvalue weighted by atomic mass is 19.4. The van der Waals surface area contributed by atoms with Gasteiger partial charge < -0.3 is 20.3 Å². The Hall–Kier alpha value is -3.23. The van der Waals surface area contributed by atoms with Gasteiger partial charge in [-0.2, -0.15) is 13.2 Å². The monoisotopic (exact) mass is 461 g/mol. The number of alkyl halides is 3. The van der Waals surface area contributed by atoms with E-state index >= 15 is 0 Å². The minimum atomic E-state index is -4.48. The van der Waals surface area contributed by atoms with E-state index in [-0.39, 0.29) is 35.4 Å². The summed E-state index contributed by atoms with van der Waals surface area (Å²) >= 11 is 0. The molecule has 2 aromatic rings. The van der Waals surface area contributed by atoms with Crippen molar-refractivity contribution in [3.8, 4) is 5.75 Å². The topological polar surface area (TPSA) is 70.7 Å². The van der Waals surface area contributed by atoms with Gasteiger partial charge in [0.25, 0.3) is 0 Å². The Balaban J connectivity index is 1.18. The van der Waals surface area contributed by atoms with Gasteiger partial charge in [-0.05, 0) is 42.2 Å². The van der Waals surface area contributed by atoms with Crippen LogP contribution in [0.4, 0.5) is 18.0 Å². The molecule has 6 nitrogen and oxygen atoms in total. The molecule has 176 valence electrons. The van der Waals surface area contributed by atoms with Crippen molar-refractivity contribution >= 4 is 11.9 Å². The van der Waals surface area contributed by atoms with Gasteiger partial charge in [-0.1, -0.05) is 30.3 Å². The second-order valence-electron chi connectivity index (χ2n) is 8.86. The molecule has 1 spiro atoms. The van der Waals surface area contributed by atoms with Crippen molar-refractivity contribution in [3.63, 3.8) is 0 Å². The third-order valence-electron chi connectivity index (χ3n) is 6.38. The van der Waals surface area contributed by atoms with Gasteiger partial charge in [0.05, 0.1) is 19.1 Å². The van der Waals surface area contributed by atoms with Crippen LogP contribution >= 0.6 is 0 Å². The molecule has 0 unspecified atom stereocenters. The minimum absolute atomic E-state index is 0.00219. The smallest absolute Gasteiger partial charge is 0.416 e. The van der Waals surface area contributed by atoms with E-state index in [1.807, 2.05) is 24.3 Å². The fourth-order valence-electron chi connectivity index (χ4n) is 4.67. The van der Waals surface area contributed by atoms with Crippen LogP contribution in [-0.2, 0) is 23.9 Å². The lowest BCUT2D eigenvalue weighted by Crippen LogP contribution is -2.68. The number of nitrogens with zero attached hydrogens (tertiary/aromatic N) is 1. The summed E-state index contributed by atoms with van der Waals surface area (Å²) in [6.45, 7) is 1.44. The van der Waals surface area contributed by atoms with Crippen LogP contribution in [0.5, 0.6) is 5.75 Å². The molecule has 0 atom stereocenters. The highest BCUT2D eigenvalue weighted by Crippen LogP contribution is 2.48. The Bertz CT molecular complexity index is 1010. The average Bonchev–Trinajstić information content (AvgIpc) is 2.72. The molecule has 2 aromatic carbocycles. The first-order valence-corrected chi connectivity index (χ1v) is 10.8. The maximum atomic E-state index is 13.1. The van der Waals surface area contributed by atoms with Gasteiger partial charge >= 0.3 is 12.2 Å². The van der Waals surface area contributed by atoms with Crippen molar-refractivity contribution in [1.82, 2.24) is 15.5 Å². The van der Waals surface area contributed by atoms with E-state index in [1.165, 1.54) is 18.2 Å². The van der Waals surface area contributed by atoms with Crippen LogP contribution in [0.3, 0.4) is 0 Å². The van der Waals surface area contributed by atoms with Gasteiger partial charge in [-0.25, -0.2) is 4.79 Å². The first-order chi connectivity index (χ1) is 15.7. The SMILES string of the molecule is COc1ccc(CNC(=O)NC2CC3(C2)CN(C(=O)Cc2ccccc2C(F)(F)F)C3)cc1. The largest absolute Gasteiger partial charge is 0.497 e. The molecule has 0 bridgehead atoms. The summed E-state index contributed by atoms with van der Waals surface area (Å²) in [5.74, 6) is 0.450. The third kappa shape index (κ3) is 5.23. The van der Waals surface area contributed by atoms with Gasteiger partial charge in [-0.3, -0.25) is 4.79 Å². The maximum absolute atomic E-state index is 13.1. The zero-order valence-electron chi connectivity index (χ0n) is 18.2. The average molecular weight is 461 g/mol. The van der Waals surface area contributed by atoms with Crippen LogP contribution < -0.4 is 15.4 Å². The first-order valence-electron chi connectivity index (χ1n) is 10.8. The highest BCUT2D eigenvalue weighted by Gasteiger charge is 2.54. The molecule has 9 heteroatoms. The number of nitrogens with one attached hydrogen (secondary N) is 2. The number of likely N-dealkylation sites (tertiary alicyclic amines) is 1. The van der Waals surface area contributed by atoms with Crippen LogP contribution in [0.25, 0.3) is 0 Å². The van der Waals surface area contributed by atoms with Gasteiger partial charge in [0.2, 0.25) is 5.91 Å². The Morgan fingerprint density at radius 3 is 2.39 bits per heavy atom. The van der Waals surface area contributed by atoms with Crippen molar-refractivity contribution in [2.24, 2.45) is 5.41 Å². The lowest BCUT2D eigenvalue weighted by atomic mass is 9.60. The van der Waals surface area contributed by atoms with E-state index in [0.717, 1.165) is 30.2 Å². The molecule has 4 rings (SSSR count). The van der Waals surface area contributed by atoms with Crippen LogP contribution in [-0.4, -0.2) is 43.1 Å². The number of ether oxygens (including phenoxy) is 1. The van der Waals surface area contributed by atoms with Crippen molar-refractivity contribution in [3.05, 3.63) is 65.2 Å². The summed E-state index contributed by atoms with van der Waals surface area (Å²) in [5.41, 5.74) is 0.156. The van der Waals surface area contributed by atoms with E-state index in [0.29, 0.717) is 19.6 Å². The van der Waals surface area contributed by atoms with Crippen LogP contribution in [0.15, 0.2) is 48.5 Å². The number of urea groups is 1. The van der Waals surface area contributed by atoms with Crippen LogP contribution in [0, 0.1) is 5.41 Å². The summed E-state index contributed by atoms with van der Waals surface area (Å²) in [5, 5.41) is 5.76. The van der Waals surface area contributed by atoms with Crippen LogP contribution in [0.2, 0.25) is 0 Å². The van der Waals surface area contributed by atoms with Gasteiger partial charge in [0.15, 0.2) is 0 Å². The van der Waals surface area contributed by atoms with E-state index < -0.39 is 11.7 Å². The molecule has 1 aliphatic heterocycles. The number of carbonyl (C=O) groups is 2. The third-order valence-corrected chi connectivity index (χ3v) is 6.38. The lowest BCUT2D eigenvalue weighted by molar-refractivity contribution is -0.151. The molecule has 3 amide bonds. The normalized spacial score (nSPS) is 17.2. The quantitative estimate of drug-likeness (QED) is 0.689.